The molecule has 0 atom stereocenters. The van der Waals surface area contributed by atoms with Gasteiger partial charge in [0.05, 0.1) is 26.4 Å². The molecule has 0 aliphatic carbocycles. The molecule has 0 unspecified atom stereocenters. The molecule has 0 bridgehead atoms. The fourth-order valence-corrected chi connectivity index (χ4v) is 4.03. The number of morpholine rings is 1. The number of urea groups is 1. The standard InChI is InChI=1S/C26H32N4O4/c1-2-34-23-8-9-24-21(17-23)16-22(25(31)28-24)19-30(11-10-29-12-14-33-15-13-29)26(32)27-18-20-6-4-3-5-7-20/h3-9,16-17H,2,10-15,18-19H2,1H3,(H,27,32)(H,28,31). The van der Waals surface area contributed by atoms with Gasteiger partial charge in [-0.1, -0.05) is 30.3 Å². The Labute approximate surface area is 199 Å². The van der Waals surface area contributed by atoms with Gasteiger partial charge in [0.15, 0.2) is 0 Å². The highest BCUT2D eigenvalue weighted by atomic mass is 16.5. The summed E-state index contributed by atoms with van der Waals surface area (Å²) in [4.78, 5) is 32.9. The third-order valence-electron chi connectivity index (χ3n) is 5.93. The van der Waals surface area contributed by atoms with Crippen LogP contribution in [0, 0.1) is 0 Å². The third kappa shape index (κ3) is 6.36. The molecule has 4 rings (SSSR count). The average Bonchev–Trinajstić information content (AvgIpc) is 2.87. The number of aromatic nitrogens is 1. The molecule has 1 fully saturated rings. The van der Waals surface area contributed by atoms with E-state index in [1.54, 1.807) is 4.90 Å². The summed E-state index contributed by atoms with van der Waals surface area (Å²) in [6.45, 7) is 7.47. The molecule has 2 aromatic carbocycles. The molecule has 0 spiro atoms. The Kier molecular flexibility index (Phi) is 8.17. The van der Waals surface area contributed by atoms with Crippen LogP contribution in [0.3, 0.4) is 0 Å². The van der Waals surface area contributed by atoms with Crippen molar-refractivity contribution in [1.29, 1.82) is 0 Å². The number of nitrogens with one attached hydrogen (secondary N) is 2. The zero-order chi connectivity index (χ0) is 23.8. The van der Waals surface area contributed by atoms with Gasteiger partial charge in [-0.05, 0) is 36.8 Å². The predicted molar refractivity (Wildman–Crippen MR) is 132 cm³/mol. The van der Waals surface area contributed by atoms with Gasteiger partial charge in [-0.15, -0.1) is 0 Å². The van der Waals surface area contributed by atoms with Crippen LogP contribution in [0.4, 0.5) is 4.79 Å². The van der Waals surface area contributed by atoms with Crippen molar-refractivity contribution in [3.8, 4) is 5.75 Å². The number of ether oxygens (including phenoxy) is 2. The van der Waals surface area contributed by atoms with E-state index in [0.717, 1.165) is 41.9 Å². The van der Waals surface area contributed by atoms with E-state index < -0.39 is 0 Å². The summed E-state index contributed by atoms with van der Waals surface area (Å²) in [5, 5.41) is 3.87. The number of hydrogen-bond donors (Lipinski definition) is 2. The number of nitrogens with zero attached hydrogens (tertiary/aromatic N) is 2. The lowest BCUT2D eigenvalue weighted by Gasteiger charge is -2.30. The molecule has 3 aromatic rings. The number of amides is 2. The summed E-state index contributed by atoms with van der Waals surface area (Å²) in [6, 6.07) is 17.0. The molecule has 0 saturated carbocycles. The average molecular weight is 465 g/mol. The van der Waals surface area contributed by atoms with Gasteiger partial charge >= 0.3 is 6.03 Å². The number of benzene rings is 2. The fourth-order valence-electron chi connectivity index (χ4n) is 4.03. The van der Waals surface area contributed by atoms with Gasteiger partial charge in [0.2, 0.25) is 0 Å². The van der Waals surface area contributed by atoms with Crippen LogP contribution in [0.25, 0.3) is 10.9 Å². The molecule has 8 nitrogen and oxygen atoms in total. The molecule has 2 N–H and O–H groups in total. The number of fused-ring (bicyclic) bond motifs is 1. The fraction of sp³-hybridized carbons (Fsp3) is 0.385. The number of carbonyl (C=O) groups is 1. The van der Waals surface area contributed by atoms with Gasteiger partial charge < -0.3 is 24.7 Å². The van der Waals surface area contributed by atoms with E-state index in [2.05, 4.69) is 15.2 Å². The van der Waals surface area contributed by atoms with Crippen molar-refractivity contribution in [3.63, 3.8) is 0 Å². The molecular formula is C26H32N4O4. The maximum Gasteiger partial charge on any atom is 0.318 e. The van der Waals surface area contributed by atoms with Gasteiger partial charge in [0.25, 0.3) is 5.56 Å². The lowest BCUT2D eigenvalue weighted by Crippen LogP contribution is -2.46. The molecule has 1 aliphatic heterocycles. The first-order valence-electron chi connectivity index (χ1n) is 11.8. The van der Waals surface area contributed by atoms with Crippen LogP contribution in [0.5, 0.6) is 5.75 Å². The highest BCUT2D eigenvalue weighted by molar-refractivity contribution is 5.81. The van der Waals surface area contributed by atoms with Crippen molar-refractivity contribution in [2.45, 2.75) is 20.0 Å². The number of H-pyrrole nitrogens is 1. The largest absolute Gasteiger partial charge is 0.494 e. The Morgan fingerprint density at radius 1 is 1.15 bits per heavy atom. The van der Waals surface area contributed by atoms with Gasteiger partial charge in [0.1, 0.15) is 5.75 Å². The Morgan fingerprint density at radius 2 is 1.94 bits per heavy atom. The van der Waals surface area contributed by atoms with Crippen LogP contribution in [-0.4, -0.2) is 66.8 Å². The molecule has 0 radical (unpaired) electrons. The lowest BCUT2D eigenvalue weighted by molar-refractivity contribution is 0.0346. The summed E-state index contributed by atoms with van der Waals surface area (Å²) in [6.07, 6.45) is 0. The summed E-state index contributed by atoms with van der Waals surface area (Å²) in [7, 11) is 0. The number of pyridine rings is 1. The smallest absolute Gasteiger partial charge is 0.318 e. The zero-order valence-corrected chi connectivity index (χ0v) is 19.6. The van der Waals surface area contributed by atoms with Crippen molar-refractivity contribution in [1.82, 2.24) is 20.1 Å². The molecule has 180 valence electrons. The lowest BCUT2D eigenvalue weighted by atomic mass is 10.1. The van der Waals surface area contributed by atoms with E-state index >= 15 is 0 Å². The second kappa shape index (κ2) is 11.7. The van der Waals surface area contributed by atoms with E-state index in [4.69, 9.17) is 9.47 Å². The minimum atomic E-state index is -0.195. The molecule has 2 heterocycles. The van der Waals surface area contributed by atoms with Crippen molar-refractivity contribution in [2.75, 3.05) is 46.0 Å². The predicted octanol–water partition coefficient (Wildman–Crippen LogP) is 2.97. The minimum absolute atomic E-state index is 0.191. The Hall–Kier alpha value is -3.36. The van der Waals surface area contributed by atoms with Crippen molar-refractivity contribution in [2.24, 2.45) is 0 Å². The maximum atomic E-state index is 13.1. The number of aromatic amines is 1. The third-order valence-corrected chi connectivity index (χ3v) is 5.93. The first-order valence-corrected chi connectivity index (χ1v) is 11.8. The van der Waals surface area contributed by atoms with Crippen LogP contribution >= 0.6 is 0 Å². The Balaban J connectivity index is 1.51. The van der Waals surface area contributed by atoms with E-state index in [9.17, 15) is 9.59 Å². The van der Waals surface area contributed by atoms with Crippen molar-refractivity contribution >= 4 is 16.9 Å². The molecule has 1 saturated heterocycles. The highest BCUT2D eigenvalue weighted by Crippen LogP contribution is 2.19. The van der Waals surface area contributed by atoms with Gasteiger partial charge in [-0.2, -0.15) is 0 Å². The number of rotatable bonds is 9. The van der Waals surface area contributed by atoms with E-state index in [-0.39, 0.29) is 18.1 Å². The van der Waals surface area contributed by atoms with Gasteiger partial charge in [0, 0.05) is 49.2 Å². The molecule has 1 aromatic heterocycles. The van der Waals surface area contributed by atoms with Crippen LogP contribution in [-0.2, 0) is 17.8 Å². The summed E-state index contributed by atoms with van der Waals surface area (Å²) in [5.74, 6) is 0.748. The summed E-state index contributed by atoms with van der Waals surface area (Å²) in [5.41, 5.74) is 2.11. The summed E-state index contributed by atoms with van der Waals surface area (Å²) >= 11 is 0. The molecule has 8 heteroatoms. The van der Waals surface area contributed by atoms with E-state index in [1.807, 2.05) is 61.5 Å². The normalized spacial score (nSPS) is 14.1. The topological polar surface area (TPSA) is 86.9 Å². The van der Waals surface area contributed by atoms with E-state index in [0.29, 0.717) is 38.5 Å². The summed E-state index contributed by atoms with van der Waals surface area (Å²) < 4.78 is 11.0. The molecule has 34 heavy (non-hydrogen) atoms. The van der Waals surface area contributed by atoms with Crippen LogP contribution in [0.1, 0.15) is 18.1 Å². The van der Waals surface area contributed by atoms with E-state index in [1.165, 1.54) is 0 Å². The quantitative estimate of drug-likeness (QED) is 0.509. The maximum absolute atomic E-state index is 13.1. The Morgan fingerprint density at radius 3 is 2.71 bits per heavy atom. The monoisotopic (exact) mass is 464 g/mol. The van der Waals surface area contributed by atoms with Crippen LogP contribution in [0.15, 0.2) is 59.4 Å². The second-order valence-electron chi connectivity index (χ2n) is 8.33. The SMILES string of the molecule is CCOc1ccc2[nH]c(=O)c(CN(CCN3CCOCC3)C(=O)NCc3ccccc3)cc2c1. The Bertz CT molecular complexity index is 1140. The zero-order valence-electron chi connectivity index (χ0n) is 19.6. The van der Waals surface area contributed by atoms with Gasteiger partial charge in [-0.3, -0.25) is 9.69 Å². The number of carbonyl (C=O) groups excluding carboxylic acids is 1. The first kappa shape index (κ1) is 23.8. The van der Waals surface area contributed by atoms with Crippen molar-refractivity contribution < 1.29 is 14.3 Å². The second-order valence-corrected chi connectivity index (χ2v) is 8.33. The minimum Gasteiger partial charge on any atom is -0.494 e. The molecular weight excluding hydrogens is 432 g/mol. The molecule has 2 amide bonds. The van der Waals surface area contributed by atoms with Crippen LogP contribution in [0.2, 0.25) is 0 Å². The van der Waals surface area contributed by atoms with Gasteiger partial charge in [-0.25, -0.2) is 4.79 Å². The number of hydrogen-bond acceptors (Lipinski definition) is 5. The highest BCUT2D eigenvalue weighted by Gasteiger charge is 2.19. The first-order chi connectivity index (χ1) is 16.6. The molecule has 1 aliphatic rings. The van der Waals surface area contributed by atoms with Crippen LogP contribution < -0.4 is 15.6 Å². The van der Waals surface area contributed by atoms with Crippen molar-refractivity contribution in [3.05, 3.63) is 76.1 Å².